The second-order valence-electron chi connectivity index (χ2n) is 4.26. The van der Waals surface area contributed by atoms with Crippen molar-refractivity contribution < 1.29 is 0 Å². The Balaban J connectivity index is 2.12. The summed E-state index contributed by atoms with van der Waals surface area (Å²) >= 11 is 0. The van der Waals surface area contributed by atoms with Gasteiger partial charge in [-0.25, -0.2) is 0 Å². The van der Waals surface area contributed by atoms with Crippen molar-refractivity contribution in [2.24, 2.45) is 5.92 Å². The third kappa shape index (κ3) is 1.50. The standard InChI is InChI=1S/C11H18/c1-9-6-7-10-4-2-3-5-11(10)8-9/h9H,2-8H2,1H3/t9-/m0/s1. The molecule has 0 bridgehead atoms. The molecule has 0 saturated carbocycles. The molecule has 0 aromatic heterocycles. The molecule has 0 nitrogen and oxygen atoms in total. The molecule has 0 amide bonds. The van der Waals surface area contributed by atoms with Gasteiger partial charge in [0.25, 0.3) is 0 Å². The van der Waals surface area contributed by atoms with E-state index < -0.39 is 0 Å². The zero-order chi connectivity index (χ0) is 7.68. The highest BCUT2D eigenvalue weighted by molar-refractivity contribution is 5.19. The van der Waals surface area contributed by atoms with Crippen molar-refractivity contribution in [2.75, 3.05) is 0 Å². The first-order valence-corrected chi connectivity index (χ1v) is 5.06. The van der Waals surface area contributed by atoms with E-state index in [0.29, 0.717) is 0 Å². The summed E-state index contributed by atoms with van der Waals surface area (Å²) in [6.45, 7) is 2.40. The zero-order valence-corrected chi connectivity index (χ0v) is 7.53. The summed E-state index contributed by atoms with van der Waals surface area (Å²) in [6, 6.07) is 0. The molecule has 0 unspecified atom stereocenters. The molecule has 0 aromatic carbocycles. The average Bonchev–Trinajstić information content (AvgIpc) is 2.04. The van der Waals surface area contributed by atoms with Crippen LogP contribution in [0.25, 0.3) is 0 Å². The maximum atomic E-state index is 2.40. The second-order valence-corrected chi connectivity index (χ2v) is 4.26. The highest BCUT2D eigenvalue weighted by Gasteiger charge is 2.19. The molecule has 0 radical (unpaired) electrons. The van der Waals surface area contributed by atoms with Crippen molar-refractivity contribution in [3.8, 4) is 0 Å². The van der Waals surface area contributed by atoms with Gasteiger partial charge in [0.05, 0.1) is 0 Å². The van der Waals surface area contributed by atoms with Gasteiger partial charge in [-0.3, -0.25) is 0 Å². The second kappa shape index (κ2) is 3.00. The van der Waals surface area contributed by atoms with Gasteiger partial charge >= 0.3 is 0 Å². The minimum absolute atomic E-state index is 0.979. The first-order chi connectivity index (χ1) is 5.36. The smallest absolute Gasteiger partial charge is 0.0292 e. The maximum absolute atomic E-state index is 2.40. The van der Waals surface area contributed by atoms with E-state index in [9.17, 15) is 0 Å². The monoisotopic (exact) mass is 150 g/mol. The molecule has 62 valence electrons. The third-order valence-electron chi connectivity index (χ3n) is 3.24. The van der Waals surface area contributed by atoms with Gasteiger partial charge in [-0.2, -0.15) is 0 Å². The van der Waals surface area contributed by atoms with E-state index in [1.807, 2.05) is 11.1 Å². The molecule has 0 fully saturated rings. The Hall–Kier alpha value is -0.260. The lowest BCUT2D eigenvalue weighted by molar-refractivity contribution is 0.454. The van der Waals surface area contributed by atoms with E-state index >= 15 is 0 Å². The molecule has 0 spiro atoms. The fourth-order valence-electron chi connectivity index (χ4n) is 2.52. The van der Waals surface area contributed by atoms with Crippen LogP contribution < -0.4 is 0 Å². The van der Waals surface area contributed by atoms with Gasteiger partial charge in [-0.15, -0.1) is 0 Å². The van der Waals surface area contributed by atoms with E-state index in [0.717, 1.165) is 5.92 Å². The third-order valence-corrected chi connectivity index (χ3v) is 3.24. The topological polar surface area (TPSA) is 0 Å². The summed E-state index contributed by atoms with van der Waals surface area (Å²) in [6.07, 6.45) is 10.1. The van der Waals surface area contributed by atoms with Crippen molar-refractivity contribution in [1.82, 2.24) is 0 Å². The quantitative estimate of drug-likeness (QED) is 0.462. The van der Waals surface area contributed by atoms with Crippen LogP contribution in [0.3, 0.4) is 0 Å². The highest BCUT2D eigenvalue weighted by Crippen LogP contribution is 2.37. The number of hydrogen-bond donors (Lipinski definition) is 0. The maximum Gasteiger partial charge on any atom is -0.0292 e. The SMILES string of the molecule is C[C@H]1CCC2=C(CCCC2)C1. The molecular weight excluding hydrogens is 132 g/mol. The van der Waals surface area contributed by atoms with Crippen LogP contribution in [0, 0.1) is 5.92 Å². The predicted octanol–water partition coefficient (Wildman–Crippen LogP) is 3.68. The van der Waals surface area contributed by atoms with E-state index in [-0.39, 0.29) is 0 Å². The fourth-order valence-corrected chi connectivity index (χ4v) is 2.52. The van der Waals surface area contributed by atoms with E-state index in [1.165, 1.54) is 44.9 Å². The molecule has 0 N–H and O–H groups in total. The molecule has 0 aliphatic heterocycles. The van der Waals surface area contributed by atoms with Gasteiger partial charge in [0.2, 0.25) is 0 Å². The van der Waals surface area contributed by atoms with E-state index in [2.05, 4.69) is 6.92 Å². The van der Waals surface area contributed by atoms with Crippen molar-refractivity contribution in [2.45, 2.75) is 51.9 Å². The lowest BCUT2D eigenvalue weighted by atomic mass is 9.78. The molecule has 0 heteroatoms. The van der Waals surface area contributed by atoms with Gasteiger partial charge in [-0.1, -0.05) is 18.1 Å². The van der Waals surface area contributed by atoms with Crippen LogP contribution in [-0.4, -0.2) is 0 Å². The van der Waals surface area contributed by atoms with Crippen LogP contribution in [0.5, 0.6) is 0 Å². The largest absolute Gasteiger partial charge is 0.0710 e. The van der Waals surface area contributed by atoms with Crippen LogP contribution in [0.2, 0.25) is 0 Å². The van der Waals surface area contributed by atoms with Crippen molar-refractivity contribution in [1.29, 1.82) is 0 Å². The van der Waals surface area contributed by atoms with Crippen molar-refractivity contribution in [3.63, 3.8) is 0 Å². The Morgan fingerprint density at radius 1 is 1.00 bits per heavy atom. The Labute approximate surface area is 69.7 Å². The zero-order valence-electron chi connectivity index (χ0n) is 7.53. The molecule has 1 atom stereocenters. The normalized spacial score (nSPS) is 31.9. The molecular formula is C11H18. The predicted molar refractivity (Wildman–Crippen MR) is 48.5 cm³/mol. The average molecular weight is 150 g/mol. The lowest BCUT2D eigenvalue weighted by Gasteiger charge is -2.28. The van der Waals surface area contributed by atoms with Gasteiger partial charge in [0, 0.05) is 0 Å². The summed E-state index contributed by atoms with van der Waals surface area (Å²) in [5, 5.41) is 0. The van der Waals surface area contributed by atoms with Crippen LogP contribution in [0.4, 0.5) is 0 Å². The van der Waals surface area contributed by atoms with Gasteiger partial charge in [0.15, 0.2) is 0 Å². The highest BCUT2D eigenvalue weighted by atomic mass is 14.2. The molecule has 11 heavy (non-hydrogen) atoms. The summed E-state index contributed by atoms with van der Waals surface area (Å²) in [7, 11) is 0. The Morgan fingerprint density at radius 2 is 1.73 bits per heavy atom. The van der Waals surface area contributed by atoms with Gasteiger partial charge < -0.3 is 0 Å². The van der Waals surface area contributed by atoms with Gasteiger partial charge in [0.1, 0.15) is 0 Å². The Kier molecular flexibility index (Phi) is 2.02. The number of hydrogen-bond acceptors (Lipinski definition) is 0. The molecule has 0 saturated heterocycles. The van der Waals surface area contributed by atoms with E-state index in [4.69, 9.17) is 0 Å². The fraction of sp³-hybridized carbons (Fsp3) is 0.818. The Morgan fingerprint density at radius 3 is 2.55 bits per heavy atom. The van der Waals surface area contributed by atoms with Crippen LogP contribution >= 0.6 is 0 Å². The molecule has 2 aliphatic rings. The molecule has 2 rings (SSSR count). The summed E-state index contributed by atoms with van der Waals surface area (Å²) < 4.78 is 0. The molecule has 0 aromatic rings. The lowest BCUT2D eigenvalue weighted by Crippen LogP contribution is -2.10. The number of rotatable bonds is 0. The van der Waals surface area contributed by atoms with Crippen molar-refractivity contribution >= 4 is 0 Å². The van der Waals surface area contributed by atoms with Gasteiger partial charge in [-0.05, 0) is 50.9 Å². The van der Waals surface area contributed by atoms with Crippen LogP contribution in [0.15, 0.2) is 11.1 Å². The first kappa shape index (κ1) is 7.39. The van der Waals surface area contributed by atoms with E-state index in [1.54, 1.807) is 0 Å². The van der Waals surface area contributed by atoms with Crippen LogP contribution in [-0.2, 0) is 0 Å². The molecule has 0 heterocycles. The summed E-state index contributed by atoms with van der Waals surface area (Å²) in [5.41, 5.74) is 3.68. The molecule has 2 aliphatic carbocycles. The Bertz CT molecular complexity index is 176. The van der Waals surface area contributed by atoms with Crippen molar-refractivity contribution in [3.05, 3.63) is 11.1 Å². The first-order valence-electron chi connectivity index (χ1n) is 5.06. The summed E-state index contributed by atoms with van der Waals surface area (Å²) in [5.74, 6) is 0.979. The van der Waals surface area contributed by atoms with Crippen LogP contribution in [0.1, 0.15) is 51.9 Å². The summed E-state index contributed by atoms with van der Waals surface area (Å²) in [4.78, 5) is 0. The number of allylic oxidation sites excluding steroid dienone is 2. The minimum atomic E-state index is 0.979. The minimum Gasteiger partial charge on any atom is -0.0710 e.